The van der Waals surface area contributed by atoms with E-state index in [0.717, 1.165) is 49.6 Å². The molecule has 3 aromatic heterocycles. The van der Waals surface area contributed by atoms with Gasteiger partial charge >= 0.3 is 0 Å². The summed E-state index contributed by atoms with van der Waals surface area (Å²) in [6.45, 7) is 3.79. The Balaban J connectivity index is 1.14. The zero-order valence-electron chi connectivity index (χ0n) is 23.9. The van der Waals surface area contributed by atoms with E-state index in [1.165, 1.54) is 0 Å². The Morgan fingerprint density at radius 1 is 1.10 bits per heavy atom. The van der Waals surface area contributed by atoms with Gasteiger partial charge in [0.05, 0.1) is 12.0 Å². The van der Waals surface area contributed by atoms with Crippen molar-refractivity contribution in [1.29, 1.82) is 0 Å². The highest BCUT2D eigenvalue weighted by Crippen LogP contribution is 2.43. The first-order valence-corrected chi connectivity index (χ1v) is 14.3. The number of anilines is 2. The molecule has 218 valence electrons. The summed E-state index contributed by atoms with van der Waals surface area (Å²) in [5, 5.41) is 14.6. The van der Waals surface area contributed by atoms with Gasteiger partial charge in [0.25, 0.3) is 5.91 Å². The van der Waals surface area contributed by atoms with Crippen molar-refractivity contribution in [3.63, 3.8) is 0 Å². The average Bonchev–Trinajstić information content (AvgIpc) is 3.38. The highest BCUT2D eigenvalue weighted by molar-refractivity contribution is 6.03. The van der Waals surface area contributed by atoms with Crippen LogP contribution in [0.15, 0.2) is 54.9 Å². The third kappa shape index (κ3) is 5.64. The van der Waals surface area contributed by atoms with Crippen LogP contribution >= 0.6 is 0 Å². The van der Waals surface area contributed by atoms with E-state index in [4.69, 9.17) is 9.47 Å². The van der Waals surface area contributed by atoms with Crippen LogP contribution in [0.5, 0.6) is 11.5 Å². The number of nitrogens with one attached hydrogen (secondary N) is 3. The Morgan fingerprint density at radius 3 is 2.64 bits per heavy atom. The summed E-state index contributed by atoms with van der Waals surface area (Å²) >= 11 is 0. The van der Waals surface area contributed by atoms with Crippen molar-refractivity contribution in [2.75, 3.05) is 37.4 Å². The maximum atomic E-state index is 13.4. The summed E-state index contributed by atoms with van der Waals surface area (Å²) in [6, 6.07) is 12.4. The lowest BCUT2D eigenvalue weighted by atomic mass is 9.68. The molecule has 2 aliphatic rings. The molecule has 0 spiro atoms. The molecule has 1 aromatic carbocycles. The number of hydrogen-bond donors (Lipinski definition) is 3. The zero-order valence-corrected chi connectivity index (χ0v) is 23.9. The molecule has 1 atom stereocenters. The van der Waals surface area contributed by atoms with E-state index in [-0.39, 0.29) is 23.3 Å². The maximum Gasteiger partial charge on any atom is 0.256 e. The first-order valence-electron chi connectivity index (χ1n) is 14.3. The summed E-state index contributed by atoms with van der Waals surface area (Å²) < 4.78 is 11.6. The summed E-state index contributed by atoms with van der Waals surface area (Å²) in [6.07, 6.45) is 8.00. The van der Waals surface area contributed by atoms with Crippen LogP contribution in [0.2, 0.25) is 0 Å². The molecular weight excluding hydrogens is 534 g/mol. The predicted molar refractivity (Wildman–Crippen MR) is 159 cm³/mol. The molecule has 1 aliphatic heterocycles. The Labute approximate surface area is 244 Å². The van der Waals surface area contributed by atoms with Crippen LogP contribution in [0.3, 0.4) is 0 Å². The average molecular weight is 570 g/mol. The summed E-state index contributed by atoms with van der Waals surface area (Å²) in [5.74, 6) is 2.23. The van der Waals surface area contributed by atoms with E-state index >= 15 is 0 Å². The minimum absolute atomic E-state index is 0.0441. The number of pyridine rings is 2. The SMILES string of the molecule is COCC1(C(=O)N2CCC[C@@H](Nc3n[nH]c4nccc(Oc5ccc(C(=O)Nc6cc(C)ccn6)cc5)c34)C2)CCC1. The number of aryl methyl sites for hydroxylation is 1. The number of aromatic nitrogens is 4. The molecule has 0 radical (unpaired) electrons. The Hall–Kier alpha value is -4.51. The second-order valence-electron chi connectivity index (χ2n) is 11.2. The van der Waals surface area contributed by atoms with Gasteiger partial charge in [-0.15, -0.1) is 0 Å². The second kappa shape index (κ2) is 11.8. The fourth-order valence-corrected chi connectivity index (χ4v) is 5.81. The van der Waals surface area contributed by atoms with Crippen molar-refractivity contribution in [1.82, 2.24) is 25.1 Å². The summed E-state index contributed by atoms with van der Waals surface area (Å²) in [5.41, 5.74) is 1.73. The van der Waals surface area contributed by atoms with Crippen LogP contribution in [-0.4, -0.2) is 69.7 Å². The number of carbonyl (C=O) groups excluding carboxylic acids is 2. The number of ether oxygens (including phenoxy) is 2. The lowest BCUT2D eigenvalue weighted by Crippen LogP contribution is -2.54. The van der Waals surface area contributed by atoms with Crippen LogP contribution in [-0.2, 0) is 9.53 Å². The van der Waals surface area contributed by atoms with Gasteiger partial charge in [-0.3, -0.25) is 14.7 Å². The number of likely N-dealkylation sites (tertiary alicyclic amines) is 1. The van der Waals surface area contributed by atoms with Gasteiger partial charge in [0.2, 0.25) is 5.91 Å². The number of piperidine rings is 1. The largest absolute Gasteiger partial charge is 0.456 e. The van der Waals surface area contributed by atoms with E-state index in [1.807, 2.05) is 24.0 Å². The number of fused-ring (bicyclic) bond motifs is 1. The lowest BCUT2D eigenvalue weighted by molar-refractivity contribution is -0.153. The number of rotatable bonds is 9. The molecule has 1 saturated heterocycles. The molecule has 11 nitrogen and oxygen atoms in total. The second-order valence-corrected chi connectivity index (χ2v) is 11.2. The molecule has 3 N–H and O–H groups in total. The van der Waals surface area contributed by atoms with Crippen LogP contribution in [0.1, 0.15) is 48.0 Å². The first-order chi connectivity index (χ1) is 20.4. The summed E-state index contributed by atoms with van der Waals surface area (Å²) in [4.78, 5) is 36.7. The highest BCUT2D eigenvalue weighted by atomic mass is 16.5. The van der Waals surface area contributed by atoms with Crippen LogP contribution < -0.4 is 15.4 Å². The maximum absolute atomic E-state index is 13.4. The van der Waals surface area contributed by atoms with Crippen molar-refractivity contribution < 1.29 is 19.1 Å². The van der Waals surface area contributed by atoms with Crippen molar-refractivity contribution in [3.8, 4) is 11.5 Å². The first kappa shape index (κ1) is 27.6. The Kier molecular flexibility index (Phi) is 7.75. The predicted octanol–water partition coefficient (Wildman–Crippen LogP) is 4.93. The van der Waals surface area contributed by atoms with E-state index in [1.54, 1.807) is 49.8 Å². The number of hydrogen-bond acceptors (Lipinski definition) is 8. The van der Waals surface area contributed by atoms with Gasteiger partial charge in [0, 0.05) is 50.3 Å². The van der Waals surface area contributed by atoms with Gasteiger partial charge in [-0.2, -0.15) is 5.10 Å². The number of methoxy groups -OCH3 is 1. The normalized spacial score (nSPS) is 17.9. The Bertz CT molecular complexity index is 1580. The molecule has 2 amide bonds. The quantitative estimate of drug-likeness (QED) is 0.258. The van der Waals surface area contributed by atoms with Crippen molar-refractivity contribution in [2.45, 2.75) is 45.1 Å². The molecule has 0 bridgehead atoms. The van der Waals surface area contributed by atoms with Gasteiger partial charge in [0.15, 0.2) is 11.5 Å². The van der Waals surface area contributed by atoms with E-state index in [9.17, 15) is 9.59 Å². The molecule has 42 heavy (non-hydrogen) atoms. The lowest BCUT2D eigenvalue weighted by Gasteiger charge is -2.45. The smallest absolute Gasteiger partial charge is 0.256 e. The monoisotopic (exact) mass is 569 g/mol. The minimum Gasteiger partial charge on any atom is -0.456 e. The third-order valence-electron chi connectivity index (χ3n) is 8.16. The fourth-order valence-electron chi connectivity index (χ4n) is 5.81. The molecule has 1 saturated carbocycles. The van der Waals surface area contributed by atoms with Crippen molar-refractivity contribution >= 4 is 34.5 Å². The van der Waals surface area contributed by atoms with Crippen molar-refractivity contribution in [3.05, 3.63) is 66.0 Å². The molecule has 0 unspecified atom stereocenters. The molecular formula is C31H35N7O4. The topological polar surface area (TPSA) is 134 Å². The third-order valence-corrected chi connectivity index (χ3v) is 8.16. The standard InChI is InChI=1S/C31H35N7O4/c1-20-10-14-32-25(17-20)35-29(39)21-6-8-23(9-7-21)42-24-11-15-33-27-26(24)28(37-36-27)34-22-5-3-16-38(18-22)30(40)31(19-41-2)12-4-13-31/h6-11,14-15,17,22H,3-5,12-13,16,18-19H2,1-2H3,(H,32,35,39)(H2,33,34,36,37)/t22-/m1/s1. The van der Waals surface area contributed by atoms with E-state index in [2.05, 4.69) is 30.8 Å². The van der Waals surface area contributed by atoms with Gasteiger partial charge in [-0.1, -0.05) is 6.42 Å². The molecule has 4 heterocycles. The fraction of sp³-hybridized carbons (Fsp3) is 0.387. The molecule has 6 rings (SSSR count). The molecule has 1 aliphatic carbocycles. The van der Waals surface area contributed by atoms with Crippen LogP contribution in [0.25, 0.3) is 11.0 Å². The zero-order chi connectivity index (χ0) is 29.1. The van der Waals surface area contributed by atoms with E-state index in [0.29, 0.717) is 47.5 Å². The molecule has 2 fully saturated rings. The number of H-pyrrole nitrogens is 1. The summed E-state index contributed by atoms with van der Waals surface area (Å²) in [7, 11) is 1.67. The van der Waals surface area contributed by atoms with Gasteiger partial charge in [0.1, 0.15) is 22.7 Å². The Morgan fingerprint density at radius 2 is 1.90 bits per heavy atom. The van der Waals surface area contributed by atoms with Crippen molar-refractivity contribution in [2.24, 2.45) is 5.41 Å². The van der Waals surface area contributed by atoms with Gasteiger partial charge in [-0.25, -0.2) is 9.97 Å². The van der Waals surface area contributed by atoms with Crippen LogP contribution in [0, 0.1) is 12.3 Å². The number of carbonyl (C=O) groups is 2. The van der Waals surface area contributed by atoms with Gasteiger partial charge in [-0.05, 0) is 74.6 Å². The van der Waals surface area contributed by atoms with E-state index < -0.39 is 0 Å². The highest BCUT2D eigenvalue weighted by Gasteiger charge is 2.47. The molecule has 4 aromatic rings. The molecule has 11 heteroatoms. The number of benzene rings is 1. The number of nitrogens with zero attached hydrogens (tertiary/aromatic N) is 4. The van der Waals surface area contributed by atoms with Gasteiger partial charge < -0.3 is 25.0 Å². The minimum atomic E-state index is -0.367. The number of aromatic amines is 1. The van der Waals surface area contributed by atoms with Crippen LogP contribution in [0.4, 0.5) is 11.6 Å². The number of amides is 2.